The maximum Gasteiger partial charge on any atom is 0.254 e. The highest BCUT2D eigenvalue weighted by molar-refractivity contribution is 7.92. The fraction of sp³-hybridized carbons (Fsp3) is 0.350. The number of rotatable bonds is 5. The first-order valence-corrected chi connectivity index (χ1v) is 10.9. The zero-order chi connectivity index (χ0) is 20.3. The van der Waals surface area contributed by atoms with Gasteiger partial charge in [0.05, 0.1) is 19.1 Å². The van der Waals surface area contributed by atoms with E-state index in [9.17, 15) is 13.2 Å². The fourth-order valence-electron chi connectivity index (χ4n) is 3.17. The Hall–Kier alpha value is -2.74. The number of benzene rings is 2. The molecule has 0 saturated carbocycles. The second-order valence-corrected chi connectivity index (χ2v) is 8.77. The Balaban J connectivity index is 1.66. The number of anilines is 2. The van der Waals surface area contributed by atoms with E-state index in [1.54, 1.807) is 36.3 Å². The van der Waals surface area contributed by atoms with Crippen molar-refractivity contribution >= 4 is 27.3 Å². The topological polar surface area (TPSA) is 70.2 Å². The predicted octanol–water partition coefficient (Wildman–Crippen LogP) is 2.05. The first-order valence-electron chi connectivity index (χ1n) is 9.02. The monoisotopic (exact) mass is 403 g/mol. The van der Waals surface area contributed by atoms with Gasteiger partial charge < -0.3 is 14.5 Å². The quantitative estimate of drug-likeness (QED) is 0.764. The predicted molar refractivity (Wildman–Crippen MR) is 111 cm³/mol. The molecule has 0 unspecified atom stereocenters. The minimum atomic E-state index is -3.37. The lowest BCUT2D eigenvalue weighted by Crippen LogP contribution is -2.48. The van der Waals surface area contributed by atoms with Gasteiger partial charge in [0.2, 0.25) is 10.0 Å². The van der Waals surface area contributed by atoms with Gasteiger partial charge in [-0.05, 0) is 42.5 Å². The number of methoxy groups -OCH3 is 1. The van der Waals surface area contributed by atoms with Crippen LogP contribution in [0.2, 0.25) is 0 Å². The van der Waals surface area contributed by atoms with Gasteiger partial charge in [-0.1, -0.05) is 6.07 Å². The summed E-state index contributed by atoms with van der Waals surface area (Å²) in [7, 11) is -0.254. The molecule has 1 saturated heterocycles. The van der Waals surface area contributed by atoms with E-state index in [1.807, 2.05) is 24.3 Å². The van der Waals surface area contributed by atoms with E-state index in [0.717, 1.165) is 30.8 Å². The van der Waals surface area contributed by atoms with Crippen LogP contribution in [0.4, 0.5) is 11.4 Å². The zero-order valence-electron chi connectivity index (χ0n) is 16.3. The number of carbonyl (C=O) groups is 1. The molecule has 1 aliphatic rings. The first-order chi connectivity index (χ1) is 13.3. The van der Waals surface area contributed by atoms with E-state index >= 15 is 0 Å². The molecule has 1 fully saturated rings. The van der Waals surface area contributed by atoms with Gasteiger partial charge in [-0.25, -0.2) is 8.42 Å². The van der Waals surface area contributed by atoms with Gasteiger partial charge in [0.1, 0.15) is 5.75 Å². The number of piperazine rings is 1. The standard InChI is InChI=1S/C20H25N3O4S/c1-21(28(3,25)26)18-6-4-5-16(15-18)20(24)23-13-11-22(12-14-23)17-7-9-19(27-2)10-8-17/h4-10,15H,11-14H2,1-3H3. The summed E-state index contributed by atoms with van der Waals surface area (Å²) in [6.07, 6.45) is 1.14. The van der Waals surface area contributed by atoms with Crippen LogP contribution in [-0.4, -0.2) is 65.8 Å². The second-order valence-electron chi connectivity index (χ2n) is 6.76. The molecule has 0 atom stereocenters. The first kappa shape index (κ1) is 20.0. The van der Waals surface area contributed by atoms with E-state index in [-0.39, 0.29) is 5.91 Å². The Morgan fingerprint density at radius 1 is 1.04 bits per heavy atom. The van der Waals surface area contributed by atoms with Crippen LogP contribution in [-0.2, 0) is 10.0 Å². The lowest BCUT2D eigenvalue weighted by molar-refractivity contribution is 0.0747. The maximum absolute atomic E-state index is 12.9. The van der Waals surface area contributed by atoms with Crippen LogP contribution in [0.5, 0.6) is 5.75 Å². The summed E-state index contributed by atoms with van der Waals surface area (Å²) in [5.74, 6) is 0.731. The van der Waals surface area contributed by atoms with Crippen LogP contribution in [0, 0.1) is 0 Å². The minimum absolute atomic E-state index is 0.0851. The van der Waals surface area contributed by atoms with Gasteiger partial charge in [0.25, 0.3) is 5.91 Å². The van der Waals surface area contributed by atoms with Crippen molar-refractivity contribution < 1.29 is 17.9 Å². The van der Waals surface area contributed by atoms with Crippen molar-refractivity contribution in [2.45, 2.75) is 0 Å². The third-order valence-electron chi connectivity index (χ3n) is 4.96. The molecule has 0 radical (unpaired) electrons. The van der Waals surface area contributed by atoms with Gasteiger partial charge in [-0.2, -0.15) is 0 Å². The van der Waals surface area contributed by atoms with Crippen LogP contribution in [0.3, 0.4) is 0 Å². The zero-order valence-corrected chi connectivity index (χ0v) is 17.1. The Bertz CT molecular complexity index is 936. The van der Waals surface area contributed by atoms with Gasteiger partial charge in [-0.15, -0.1) is 0 Å². The molecule has 0 aromatic heterocycles. The van der Waals surface area contributed by atoms with Gasteiger partial charge in [0.15, 0.2) is 0 Å². The summed E-state index contributed by atoms with van der Waals surface area (Å²) in [4.78, 5) is 16.9. The Kier molecular flexibility index (Phi) is 5.79. The Morgan fingerprint density at radius 3 is 2.25 bits per heavy atom. The van der Waals surface area contributed by atoms with Crippen LogP contribution in [0.15, 0.2) is 48.5 Å². The molecule has 2 aromatic rings. The maximum atomic E-state index is 12.9. The number of ether oxygens (including phenoxy) is 1. The van der Waals surface area contributed by atoms with Crippen LogP contribution >= 0.6 is 0 Å². The molecule has 0 spiro atoms. The van der Waals surface area contributed by atoms with E-state index in [1.165, 1.54) is 11.4 Å². The highest BCUT2D eigenvalue weighted by atomic mass is 32.2. The molecule has 1 amide bonds. The molecule has 0 aliphatic carbocycles. The molecule has 1 heterocycles. The minimum Gasteiger partial charge on any atom is -0.497 e. The van der Waals surface area contributed by atoms with Crippen molar-refractivity contribution in [1.82, 2.24) is 4.90 Å². The van der Waals surface area contributed by atoms with E-state index in [4.69, 9.17) is 4.74 Å². The Morgan fingerprint density at radius 2 is 1.68 bits per heavy atom. The third-order valence-corrected chi connectivity index (χ3v) is 6.16. The second kappa shape index (κ2) is 8.10. The molecular weight excluding hydrogens is 378 g/mol. The van der Waals surface area contributed by atoms with Crippen LogP contribution in [0.1, 0.15) is 10.4 Å². The lowest BCUT2D eigenvalue weighted by Gasteiger charge is -2.36. The van der Waals surface area contributed by atoms with Gasteiger partial charge in [0, 0.05) is 44.5 Å². The molecule has 0 bridgehead atoms. The molecule has 0 N–H and O–H groups in total. The summed E-state index contributed by atoms with van der Waals surface area (Å²) in [5, 5.41) is 0. The van der Waals surface area contributed by atoms with Gasteiger partial charge >= 0.3 is 0 Å². The Labute approximate surface area is 166 Å². The van der Waals surface area contributed by atoms with Crippen molar-refractivity contribution in [3.05, 3.63) is 54.1 Å². The summed E-state index contributed by atoms with van der Waals surface area (Å²) in [5.41, 5.74) is 2.07. The smallest absolute Gasteiger partial charge is 0.254 e. The van der Waals surface area contributed by atoms with Gasteiger partial charge in [-0.3, -0.25) is 9.10 Å². The number of amides is 1. The number of sulfonamides is 1. The summed E-state index contributed by atoms with van der Waals surface area (Å²) in [6, 6.07) is 14.6. The molecule has 1 aliphatic heterocycles. The summed E-state index contributed by atoms with van der Waals surface area (Å²) in [6.45, 7) is 2.69. The highest BCUT2D eigenvalue weighted by Crippen LogP contribution is 2.22. The van der Waals surface area contributed by atoms with E-state index in [2.05, 4.69) is 4.90 Å². The average molecular weight is 404 g/mol. The largest absolute Gasteiger partial charge is 0.497 e. The molecule has 8 heteroatoms. The molecule has 150 valence electrons. The summed E-state index contributed by atoms with van der Waals surface area (Å²) >= 11 is 0. The lowest BCUT2D eigenvalue weighted by atomic mass is 10.1. The van der Waals surface area contributed by atoms with Crippen molar-refractivity contribution in [2.75, 3.05) is 55.8 Å². The van der Waals surface area contributed by atoms with Crippen LogP contribution < -0.4 is 13.9 Å². The van der Waals surface area contributed by atoms with Crippen molar-refractivity contribution in [3.8, 4) is 5.75 Å². The number of hydrogen-bond donors (Lipinski definition) is 0. The van der Waals surface area contributed by atoms with Crippen molar-refractivity contribution in [2.24, 2.45) is 0 Å². The molecular formula is C20H25N3O4S. The van der Waals surface area contributed by atoms with E-state index < -0.39 is 10.0 Å². The van der Waals surface area contributed by atoms with Crippen LogP contribution in [0.25, 0.3) is 0 Å². The number of nitrogens with zero attached hydrogens (tertiary/aromatic N) is 3. The fourth-order valence-corrected chi connectivity index (χ4v) is 3.67. The average Bonchev–Trinajstić information content (AvgIpc) is 2.72. The molecule has 3 rings (SSSR count). The molecule has 28 heavy (non-hydrogen) atoms. The summed E-state index contributed by atoms with van der Waals surface area (Å²) < 4.78 is 29.8. The van der Waals surface area contributed by atoms with E-state index in [0.29, 0.717) is 24.3 Å². The number of carbonyl (C=O) groups excluding carboxylic acids is 1. The third kappa shape index (κ3) is 4.39. The van der Waals surface area contributed by atoms with Crippen molar-refractivity contribution in [1.29, 1.82) is 0 Å². The normalized spacial score (nSPS) is 14.7. The highest BCUT2D eigenvalue weighted by Gasteiger charge is 2.23. The van der Waals surface area contributed by atoms with Crippen molar-refractivity contribution in [3.63, 3.8) is 0 Å². The SMILES string of the molecule is COc1ccc(N2CCN(C(=O)c3cccc(N(C)S(C)(=O)=O)c3)CC2)cc1. The molecule has 7 nitrogen and oxygen atoms in total. The molecule has 2 aromatic carbocycles. The number of hydrogen-bond acceptors (Lipinski definition) is 5.